The molecule has 1 amide bonds. The van der Waals surface area contributed by atoms with Crippen LogP contribution in [0.5, 0.6) is 0 Å². The molecule has 0 saturated heterocycles. The molecule has 0 aromatic carbocycles. The fourth-order valence-corrected chi connectivity index (χ4v) is 3.65. The van der Waals surface area contributed by atoms with Gasteiger partial charge in [0.05, 0.1) is 11.8 Å². The molecule has 0 radical (unpaired) electrons. The lowest BCUT2D eigenvalue weighted by Gasteiger charge is -2.19. The van der Waals surface area contributed by atoms with Crippen molar-refractivity contribution in [3.05, 3.63) is 0 Å². The third-order valence-electron chi connectivity index (χ3n) is 3.10. The summed E-state index contributed by atoms with van der Waals surface area (Å²) in [7, 11) is -3.01. The zero-order valence-corrected chi connectivity index (χ0v) is 11.3. The van der Waals surface area contributed by atoms with E-state index in [4.69, 9.17) is 0 Å². The van der Waals surface area contributed by atoms with Crippen molar-refractivity contribution in [2.45, 2.75) is 43.9 Å². The highest BCUT2D eigenvalue weighted by atomic mass is 32.2. The second-order valence-corrected chi connectivity index (χ2v) is 6.90. The van der Waals surface area contributed by atoms with Crippen molar-refractivity contribution < 1.29 is 13.2 Å². The molecule has 0 aliphatic heterocycles. The molecule has 0 bridgehead atoms. The first kappa shape index (κ1) is 14.4. The maximum absolute atomic E-state index is 11.5. The van der Waals surface area contributed by atoms with Crippen molar-refractivity contribution in [3.63, 3.8) is 0 Å². The van der Waals surface area contributed by atoms with E-state index in [9.17, 15) is 13.2 Å². The van der Waals surface area contributed by atoms with Crippen LogP contribution >= 0.6 is 0 Å². The van der Waals surface area contributed by atoms with Crippen molar-refractivity contribution in [3.8, 4) is 0 Å². The van der Waals surface area contributed by atoms with E-state index < -0.39 is 9.84 Å². The van der Waals surface area contributed by atoms with Gasteiger partial charge in [-0.25, -0.2) is 8.42 Å². The number of carbonyl (C=O) groups excluding carboxylic acids is 1. The molecule has 2 atom stereocenters. The first-order chi connectivity index (χ1) is 7.95. The summed E-state index contributed by atoms with van der Waals surface area (Å²) >= 11 is 0. The Morgan fingerprint density at radius 2 is 2.06 bits per heavy atom. The number of amides is 1. The number of nitrogens with one attached hydrogen (secondary N) is 2. The third-order valence-corrected chi connectivity index (χ3v) is 4.76. The predicted molar refractivity (Wildman–Crippen MR) is 67.6 cm³/mol. The second kappa shape index (κ2) is 6.35. The maximum atomic E-state index is 11.5. The van der Waals surface area contributed by atoms with E-state index in [1.54, 1.807) is 0 Å². The average molecular weight is 262 g/mol. The Kier molecular flexibility index (Phi) is 5.39. The number of hydrogen-bond acceptors (Lipinski definition) is 4. The van der Waals surface area contributed by atoms with Gasteiger partial charge in [0, 0.05) is 18.8 Å². The molecular weight excluding hydrogens is 240 g/mol. The highest BCUT2D eigenvalue weighted by Gasteiger charge is 2.34. The van der Waals surface area contributed by atoms with Crippen LogP contribution < -0.4 is 10.6 Å². The van der Waals surface area contributed by atoms with E-state index in [0.717, 1.165) is 19.3 Å². The molecule has 6 heteroatoms. The van der Waals surface area contributed by atoms with Crippen LogP contribution in [0, 0.1) is 0 Å². The summed E-state index contributed by atoms with van der Waals surface area (Å²) in [6.07, 6.45) is 4.62. The minimum atomic E-state index is -3.01. The van der Waals surface area contributed by atoms with Gasteiger partial charge in [0.2, 0.25) is 5.91 Å². The van der Waals surface area contributed by atoms with E-state index in [1.165, 1.54) is 6.26 Å². The predicted octanol–water partition coefficient (Wildman–Crippen LogP) is 0.0679. The van der Waals surface area contributed by atoms with E-state index in [1.807, 2.05) is 6.92 Å². The number of sulfone groups is 1. The molecule has 1 aliphatic rings. The Labute approximate surface area is 103 Å². The summed E-state index contributed by atoms with van der Waals surface area (Å²) in [4.78, 5) is 11.4. The second-order valence-electron chi connectivity index (χ2n) is 4.64. The number of rotatable bonds is 6. The van der Waals surface area contributed by atoms with Crippen molar-refractivity contribution in [1.29, 1.82) is 0 Å². The van der Waals surface area contributed by atoms with Crippen molar-refractivity contribution in [2.24, 2.45) is 0 Å². The number of hydrogen-bond donors (Lipinski definition) is 2. The molecule has 1 saturated carbocycles. The van der Waals surface area contributed by atoms with Gasteiger partial charge in [-0.1, -0.05) is 13.3 Å². The molecule has 0 aromatic rings. The van der Waals surface area contributed by atoms with Crippen molar-refractivity contribution in [1.82, 2.24) is 10.6 Å². The molecule has 2 N–H and O–H groups in total. The van der Waals surface area contributed by atoms with Gasteiger partial charge in [0.15, 0.2) is 9.84 Å². The van der Waals surface area contributed by atoms with Gasteiger partial charge in [-0.15, -0.1) is 0 Å². The highest BCUT2D eigenvalue weighted by Crippen LogP contribution is 2.24. The SMILES string of the molecule is CCCNC(=O)CNC1CCCC1S(C)(=O)=O. The first-order valence-electron chi connectivity index (χ1n) is 6.14. The molecule has 1 aliphatic carbocycles. The Hall–Kier alpha value is -0.620. The molecule has 0 aromatic heterocycles. The Bertz CT molecular complexity index is 354. The van der Waals surface area contributed by atoms with Gasteiger partial charge in [0.1, 0.15) is 0 Å². The molecule has 5 nitrogen and oxygen atoms in total. The van der Waals surface area contributed by atoms with Crippen LogP contribution in [0.2, 0.25) is 0 Å². The molecule has 100 valence electrons. The van der Waals surface area contributed by atoms with Crippen molar-refractivity contribution in [2.75, 3.05) is 19.3 Å². The normalized spacial score (nSPS) is 24.8. The quantitative estimate of drug-likeness (QED) is 0.710. The number of carbonyl (C=O) groups is 1. The molecule has 0 spiro atoms. The van der Waals surface area contributed by atoms with Crippen LogP contribution in [0.1, 0.15) is 32.6 Å². The monoisotopic (exact) mass is 262 g/mol. The summed E-state index contributed by atoms with van der Waals surface area (Å²) in [5.74, 6) is -0.0639. The summed E-state index contributed by atoms with van der Waals surface area (Å²) in [6, 6.07) is -0.0719. The lowest BCUT2D eigenvalue weighted by atomic mass is 10.2. The van der Waals surface area contributed by atoms with Crippen LogP contribution in [-0.4, -0.2) is 45.0 Å². The lowest BCUT2D eigenvalue weighted by molar-refractivity contribution is -0.120. The fourth-order valence-electron chi connectivity index (χ4n) is 2.22. The molecule has 2 unspecified atom stereocenters. The molecule has 17 heavy (non-hydrogen) atoms. The van der Waals surface area contributed by atoms with Gasteiger partial charge in [-0.3, -0.25) is 4.79 Å². The van der Waals surface area contributed by atoms with Gasteiger partial charge in [0.25, 0.3) is 0 Å². The largest absolute Gasteiger partial charge is 0.355 e. The van der Waals surface area contributed by atoms with E-state index in [0.29, 0.717) is 13.0 Å². The van der Waals surface area contributed by atoms with Gasteiger partial charge < -0.3 is 10.6 Å². The van der Waals surface area contributed by atoms with Gasteiger partial charge in [-0.2, -0.15) is 0 Å². The maximum Gasteiger partial charge on any atom is 0.233 e. The van der Waals surface area contributed by atoms with Crippen LogP contribution in [0.15, 0.2) is 0 Å². The summed E-state index contributed by atoms with van der Waals surface area (Å²) in [6.45, 7) is 2.86. The molecule has 1 fully saturated rings. The smallest absolute Gasteiger partial charge is 0.233 e. The van der Waals surface area contributed by atoms with Crippen LogP contribution in [0.3, 0.4) is 0 Å². The Morgan fingerprint density at radius 3 is 2.65 bits per heavy atom. The molecular formula is C11H22N2O3S. The Morgan fingerprint density at radius 1 is 1.35 bits per heavy atom. The highest BCUT2D eigenvalue weighted by molar-refractivity contribution is 7.91. The third kappa shape index (κ3) is 4.63. The minimum Gasteiger partial charge on any atom is -0.355 e. The van der Waals surface area contributed by atoms with Crippen molar-refractivity contribution >= 4 is 15.7 Å². The van der Waals surface area contributed by atoms with Gasteiger partial charge in [-0.05, 0) is 19.3 Å². The zero-order valence-electron chi connectivity index (χ0n) is 10.5. The van der Waals surface area contributed by atoms with E-state index >= 15 is 0 Å². The van der Waals surface area contributed by atoms with Crippen LogP contribution in [0.4, 0.5) is 0 Å². The Balaban J connectivity index is 2.38. The van der Waals surface area contributed by atoms with Gasteiger partial charge >= 0.3 is 0 Å². The average Bonchev–Trinajstić information content (AvgIpc) is 2.71. The lowest BCUT2D eigenvalue weighted by Crippen LogP contribution is -2.44. The van der Waals surface area contributed by atoms with E-state index in [-0.39, 0.29) is 23.7 Å². The summed E-state index contributed by atoms with van der Waals surface area (Å²) in [5, 5.41) is 5.48. The summed E-state index contributed by atoms with van der Waals surface area (Å²) in [5.41, 5.74) is 0. The van der Waals surface area contributed by atoms with E-state index in [2.05, 4.69) is 10.6 Å². The standard InChI is InChI=1S/C11H22N2O3S/c1-3-7-12-11(14)8-13-9-5-4-6-10(9)17(2,15)16/h9-10,13H,3-8H2,1-2H3,(H,12,14). The topological polar surface area (TPSA) is 75.3 Å². The minimum absolute atomic E-state index is 0.0639. The van der Waals surface area contributed by atoms with Crippen LogP contribution in [0.25, 0.3) is 0 Å². The molecule has 1 rings (SSSR count). The molecule has 0 heterocycles. The fraction of sp³-hybridized carbons (Fsp3) is 0.909. The summed E-state index contributed by atoms with van der Waals surface area (Å²) < 4.78 is 23.0. The van der Waals surface area contributed by atoms with Crippen LogP contribution in [-0.2, 0) is 14.6 Å². The zero-order chi connectivity index (χ0) is 12.9. The first-order valence-corrected chi connectivity index (χ1v) is 8.09.